The minimum absolute atomic E-state index is 0.279. The van der Waals surface area contributed by atoms with Crippen LogP contribution in [0.1, 0.15) is 33.6 Å². The Morgan fingerprint density at radius 3 is 2.53 bits per heavy atom. The van der Waals surface area contributed by atoms with Crippen molar-refractivity contribution in [1.29, 1.82) is 0 Å². The van der Waals surface area contributed by atoms with E-state index in [0.717, 1.165) is 6.61 Å². The van der Waals surface area contributed by atoms with Crippen LogP contribution >= 0.6 is 0 Å². The summed E-state index contributed by atoms with van der Waals surface area (Å²) < 4.78 is 5.19. The first-order valence-electron chi connectivity index (χ1n) is 5.86. The van der Waals surface area contributed by atoms with E-state index in [4.69, 9.17) is 10.5 Å². The quantitative estimate of drug-likeness (QED) is 0.770. The number of nitrogens with two attached hydrogens (primary N) is 1. The molecule has 0 aromatic heterocycles. The Morgan fingerprint density at radius 2 is 2.13 bits per heavy atom. The number of likely N-dealkylation sites (N-methyl/N-ethyl adjacent to an activating group) is 1. The summed E-state index contributed by atoms with van der Waals surface area (Å²) in [4.78, 5) is 2.38. The fourth-order valence-corrected chi connectivity index (χ4v) is 2.53. The molecule has 0 heterocycles. The summed E-state index contributed by atoms with van der Waals surface area (Å²) in [5, 5.41) is 0. The lowest BCUT2D eigenvalue weighted by Crippen LogP contribution is -2.51. The van der Waals surface area contributed by atoms with Gasteiger partial charge in [-0.05, 0) is 32.2 Å². The Morgan fingerprint density at radius 1 is 1.53 bits per heavy atom. The number of methoxy groups -OCH3 is 1. The van der Waals surface area contributed by atoms with Crippen molar-refractivity contribution in [2.75, 3.05) is 20.8 Å². The summed E-state index contributed by atoms with van der Waals surface area (Å²) in [6, 6.07) is 1.23. The van der Waals surface area contributed by atoms with Crippen LogP contribution in [0.3, 0.4) is 0 Å². The first kappa shape index (κ1) is 12.9. The molecule has 0 radical (unpaired) electrons. The highest BCUT2D eigenvalue weighted by Gasteiger charge is 2.41. The van der Waals surface area contributed by atoms with Crippen molar-refractivity contribution >= 4 is 0 Å². The molecule has 1 aliphatic carbocycles. The second-order valence-corrected chi connectivity index (χ2v) is 5.59. The molecule has 2 N–H and O–H groups in total. The molecule has 0 aromatic rings. The van der Waals surface area contributed by atoms with Gasteiger partial charge in [-0.2, -0.15) is 0 Å². The van der Waals surface area contributed by atoms with Gasteiger partial charge in [-0.1, -0.05) is 13.8 Å². The van der Waals surface area contributed by atoms with Gasteiger partial charge in [0.15, 0.2) is 0 Å². The molecule has 3 nitrogen and oxygen atoms in total. The van der Waals surface area contributed by atoms with Crippen LogP contribution in [-0.4, -0.2) is 43.8 Å². The van der Waals surface area contributed by atoms with Crippen LogP contribution in [0.15, 0.2) is 0 Å². The van der Waals surface area contributed by atoms with E-state index >= 15 is 0 Å². The van der Waals surface area contributed by atoms with Gasteiger partial charge < -0.3 is 10.5 Å². The molecule has 0 saturated heterocycles. The summed E-state index contributed by atoms with van der Waals surface area (Å²) in [6.45, 7) is 7.51. The molecule has 1 aliphatic rings. The lowest BCUT2D eigenvalue weighted by atomic mass is 9.87. The zero-order valence-corrected chi connectivity index (χ0v) is 10.8. The highest BCUT2D eigenvalue weighted by molar-refractivity contribution is 4.99. The summed E-state index contributed by atoms with van der Waals surface area (Å²) in [6.07, 6.45) is 2.43. The standard InChI is InChI=1S/C12H26N2O/c1-9(8-15-5)14(4)10-6-7-12(2,3)11(10)13/h9-11H,6-8,13H2,1-5H3. The normalized spacial score (nSPS) is 32.2. The van der Waals surface area contributed by atoms with Gasteiger partial charge >= 0.3 is 0 Å². The molecule has 1 saturated carbocycles. The van der Waals surface area contributed by atoms with Crippen molar-refractivity contribution < 1.29 is 4.74 Å². The molecule has 3 unspecified atom stereocenters. The van der Waals surface area contributed by atoms with Crippen molar-refractivity contribution in [3.8, 4) is 0 Å². The van der Waals surface area contributed by atoms with E-state index < -0.39 is 0 Å². The lowest BCUT2D eigenvalue weighted by molar-refractivity contribution is 0.0803. The molecule has 0 bridgehead atoms. The van der Waals surface area contributed by atoms with Gasteiger partial charge in [-0.3, -0.25) is 4.90 Å². The average Bonchev–Trinajstić information content (AvgIpc) is 2.42. The summed E-state index contributed by atoms with van der Waals surface area (Å²) in [7, 11) is 3.92. The lowest BCUT2D eigenvalue weighted by Gasteiger charge is -2.35. The first-order chi connectivity index (χ1) is 6.90. The van der Waals surface area contributed by atoms with E-state index in [1.165, 1.54) is 12.8 Å². The van der Waals surface area contributed by atoms with Gasteiger partial charge in [0.05, 0.1) is 6.61 Å². The predicted molar refractivity (Wildman–Crippen MR) is 63.9 cm³/mol. The number of hydrogen-bond acceptors (Lipinski definition) is 3. The van der Waals surface area contributed by atoms with Gasteiger partial charge in [-0.15, -0.1) is 0 Å². The van der Waals surface area contributed by atoms with Crippen molar-refractivity contribution in [2.24, 2.45) is 11.1 Å². The van der Waals surface area contributed by atoms with Gasteiger partial charge in [-0.25, -0.2) is 0 Å². The Balaban J connectivity index is 2.58. The number of nitrogens with zero attached hydrogens (tertiary/aromatic N) is 1. The second-order valence-electron chi connectivity index (χ2n) is 5.59. The molecular weight excluding hydrogens is 188 g/mol. The molecule has 0 spiro atoms. The topological polar surface area (TPSA) is 38.5 Å². The van der Waals surface area contributed by atoms with E-state index in [1.54, 1.807) is 7.11 Å². The Hall–Kier alpha value is -0.120. The Labute approximate surface area is 94.0 Å². The van der Waals surface area contributed by atoms with E-state index in [0.29, 0.717) is 12.1 Å². The molecular formula is C12H26N2O. The van der Waals surface area contributed by atoms with E-state index in [2.05, 4.69) is 32.7 Å². The zero-order valence-electron chi connectivity index (χ0n) is 10.8. The maximum Gasteiger partial charge on any atom is 0.0615 e. The predicted octanol–water partition coefficient (Wildman–Crippen LogP) is 1.47. The van der Waals surface area contributed by atoms with Crippen LogP contribution in [0.4, 0.5) is 0 Å². The molecule has 1 fully saturated rings. The fraction of sp³-hybridized carbons (Fsp3) is 1.00. The van der Waals surface area contributed by atoms with Crippen molar-refractivity contribution in [2.45, 2.75) is 51.7 Å². The van der Waals surface area contributed by atoms with Crippen molar-refractivity contribution in [3.63, 3.8) is 0 Å². The van der Waals surface area contributed by atoms with Crippen molar-refractivity contribution in [3.05, 3.63) is 0 Å². The maximum absolute atomic E-state index is 6.31. The molecule has 0 amide bonds. The van der Waals surface area contributed by atoms with Gasteiger partial charge in [0, 0.05) is 25.2 Å². The van der Waals surface area contributed by atoms with Crippen LogP contribution in [0.5, 0.6) is 0 Å². The first-order valence-corrected chi connectivity index (χ1v) is 5.86. The summed E-state index contributed by atoms with van der Waals surface area (Å²) in [5.41, 5.74) is 6.59. The van der Waals surface area contributed by atoms with Gasteiger partial charge in [0.25, 0.3) is 0 Å². The summed E-state index contributed by atoms with van der Waals surface area (Å²) >= 11 is 0. The van der Waals surface area contributed by atoms with E-state index in [-0.39, 0.29) is 11.5 Å². The Kier molecular flexibility index (Phi) is 4.15. The van der Waals surface area contributed by atoms with E-state index in [1.807, 2.05) is 0 Å². The van der Waals surface area contributed by atoms with Crippen LogP contribution in [0, 0.1) is 5.41 Å². The number of hydrogen-bond donors (Lipinski definition) is 1. The SMILES string of the molecule is COCC(C)N(C)C1CCC(C)(C)C1N. The maximum atomic E-state index is 6.31. The molecule has 3 heteroatoms. The highest BCUT2D eigenvalue weighted by Crippen LogP contribution is 2.38. The zero-order chi connectivity index (χ0) is 11.6. The fourth-order valence-electron chi connectivity index (χ4n) is 2.53. The smallest absolute Gasteiger partial charge is 0.0615 e. The largest absolute Gasteiger partial charge is 0.383 e. The van der Waals surface area contributed by atoms with Crippen molar-refractivity contribution in [1.82, 2.24) is 4.90 Å². The number of ether oxygens (including phenoxy) is 1. The molecule has 0 aliphatic heterocycles. The van der Waals surface area contributed by atoms with Crippen LogP contribution in [0.25, 0.3) is 0 Å². The minimum Gasteiger partial charge on any atom is -0.383 e. The monoisotopic (exact) mass is 214 g/mol. The molecule has 0 aromatic carbocycles. The minimum atomic E-state index is 0.279. The van der Waals surface area contributed by atoms with Crippen LogP contribution < -0.4 is 5.73 Å². The van der Waals surface area contributed by atoms with Gasteiger partial charge in [0.2, 0.25) is 0 Å². The van der Waals surface area contributed by atoms with E-state index in [9.17, 15) is 0 Å². The molecule has 1 rings (SSSR count). The second kappa shape index (κ2) is 4.81. The third-order valence-electron chi connectivity index (χ3n) is 4.03. The summed E-state index contributed by atoms with van der Waals surface area (Å²) in [5.74, 6) is 0. The number of rotatable bonds is 4. The van der Waals surface area contributed by atoms with Gasteiger partial charge in [0.1, 0.15) is 0 Å². The van der Waals surface area contributed by atoms with Crippen LogP contribution in [-0.2, 0) is 4.74 Å². The molecule has 15 heavy (non-hydrogen) atoms. The third-order valence-corrected chi connectivity index (χ3v) is 4.03. The van der Waals surface area contributed by atoms with Crippen LogP contribution in [0.2, 0.25) is 0 Å². The Bertz CT molecular complexity index is 206. The molecule has 3 atom stereocenters. The molecule has 90 valence electrons. The highest BCUT2D eigenvalue weighted by atomic mass is 16.5. The average molecular weight is 214 g/mol. The third kappa shape index (κ3) is 2.71.